The Bertz CT molecular complexity index is 655. The van der Waals surface area contributed by atoms with Gasteiger partial charge in [0, 0.05) is 18.0 Å². The summed E-state index contributed by atoms with van der Waals surface area (Å²) in [5.41, 5.74) is 1.58. The van der Waals surface area contributed by atoms with Crippen LogP contribution in [0.4, 0.5) is 4.39 Å². The molecule has 0 spiro atoms. The van der Waals surface area contributed by atoms with Crippen molar-refractivity contribution < 1.29 is 18.7 Å². The largest absolute Gasteiger partial charge is 0.460 e. The first-order valence-corrected chi connectivity index (χ1v) is 7.75. The van der Waals surface area contributed by atoms with Gasteiger partial charge in [-0.3, -0.25) is 4.79 Å². The standard InChI is InChI=1S/C16H17BrFNO3/c1-8(2)22-16(21)15-9(3)19-14(20)7-11(15)10-4-5-13(18)12(17)6-10/h4-6,8,11H,7H2,1-3H3,(H,19,20). The van der Waals surface area contributed by atoms with E-state index in [2.05, 4.69) is 21.2 Å². The summed E-state index contributed by atoms with van der Waals surface area (Å²) in [5.74, 6) is -1.48. The highest BCUT2D eigenvalue weighted by Crippen LogP contribution is 2.35. The SMILES string of the molecule is CC1=C(C(=O)OC(C)C)C(c2ccc(F)c(Br)c2)CC(=O)N1. The van der Waals surface area contributed by atoms with Crippen LogP contribution in [0.1, 0.15) is 38.7 Å². The third kappa shape index (κ3) is 3.55. The fraction of sp³-hybridized carbons (Fsp3) is 0.375. The number of ether oxygens (including phenoxy) is 1. The van der Waals surface area contributed by atoms with Crippen LogP contribution in [0.3, 0.4) is 0 Å². The van der Waals surface area contributed by atoms with Crippen molar-refractivity contribution in [1.29, 1.82) is 0 Å². The van der Waals surface area contributed by atoms with Gasteiger partial charge in [-0.2, -0.15) is 0 Å². The Morgan fingerprint density at radius 1 is 1.45 bits per heavy atom. The second-order valence-electron chi connectivity index (χ2n) is 5.47. The molecule has 0 aliphatic carbocycles. The van der Waals surface area contributed by atoms with Gasteiger partial charge in [0.25, 0.3) is 0 Å². The molecule has 1 aromatic carbocycles. The van der Waals surface area contributed by atoms with Crippen molar-refractivity contribution in [2.45, 2.75) is 39.2 Å². The average molecular weight is 370 g/mol. The fourth-order valence-corrected chi connectivity index (χ4v) is 2.86. The lowest BCUT2D eigenvalue weighted by Crippen LogP contribution is -2.34. The molecule has 1 aliphatic heterocycles. The first kappa shape index (κ1) is 16.7. The summed E-state index contributed by atoms with van der Waals surface area (Å²) in [6.07, 6.45) is -0.135. The molecule has 1 unspecified atom stereocenters. The number of hydrogen-bond acceptors (Lipinski definition) is 3. The van der Waals surface area contributed by atoms with Crippen LogP contribution >= 0.6 is 15.9 Å². The van der Waals surface area contributed by atoms with Crippen LogP contribution in [0.2, 0.25) is 0 Å². The van der Waals surface area contributed by atoms with Crippen molar-refractivity contribution in [3.8, 4) is 0 Å². The number of carbonyl (C=O) groups excluding carboxylic acids is 2. The van der Waals surface area contributed by atoms with E-state index in [-0.39, 0.29) is 18.4 Å². The van der Waals surface area contributed by atoms with Crippen LogP contribution in [-0.4, -0.2) is 18.0 Å². The minimum Gasteiger partial charge on any atom is -0.460 e. The van der Waals surface area contributed by atoms with Crippen LogP contribution < -0.4 is 5.32 Å². The molecule has 22 heavy (non-hydrogen) atoms. The molecule has 0 fully saturated rings. The number of esters is 1. The van der Waals surface area contributed by atoms with Gasteiger partial charge >= 0.3 is 5.97 Å². The monoisotopic (exact) mass is 369 g/mol. The maximum absolute atomic E-state index is 13.4. The van der Waals surface area contributed by atoms with Gasteiger partial charge in [0.05, 0.1) is 16.1 Å². The zero-order valence-corrected chi connectivity index (χ0v) is 14.2. The van der Waals surface area contributed by atoms with E-state index in [0.717, 1.165) is 0 Å². The van der Waals surface area contributed by atoms with Crippen molar-refractivity contribution in [2.75, 3.05) is 0 Å². The van der Waals surface area contributed by atoms with Gasteiger partial charge in [0.15, 0.2) is 0 Å². The predicted molar refractivity (Wildman–Crippen MR) is 83.5 cm³/mol. The quantitative estimate of drug-likeness (QED) is 0.830. The van der Waals surface area contributed by atoms with E-state index in [9.17, 15) is 14.0 Å². The summed E-state index contributed by atoms with van der Waals surface area (Å²) in [6.45, 7) is 5.19. The first-order valence-electron chi connectivity index (χ1n) is 6.96. The molecule has 1 aromatic rings. The zero-order chi connectivity index (χ0) is 16.4. The number of halogens is 2. The molecule has 0 radical (unpaired) electrons. The molecule has 1 N–H and O–H groups in total. The highest BCUT2D eigenvalue weighted by Gasteiger charge is 2.33. The highest BCUT2D eigenvalue weighted by molar-refractivity contribution is 9.10. The zero-order valence-electron chi connectivity index (χ0n) is 12.6. The van der Waals surface area contributed by atoms with Gasteiger partial charge in [0.2, 0.25) is 5.91 Å². The van der Waals surface area contributed by atoms with Crippen LogP contribution in [0, 0.1) is 5.82 Å². The molecule has 0 saturated carbocycles. The number of carbonyl (C=O) groups is 2. The van der Waals surface area contributed by atoms with Crippen LogP contribution in [0.25, 0.3) is 0 Å². The maximum atomic E-state index is 13.4. The van der Waals surface area contributed by atoms with E-state index in [1.165, 1.54) is 6.07 Å². The Hall–Kier alpha value is -1.69. The number of rotatable bonds is 3. The lowest BCUT2D eigenvalue weighted by molar-refractivity contribution is -0.143. The van der Waals surface area contributed by atoms with Crippen molar-refractivity contribution in [3.63, 3.8) is 0 Å². The van der Waals surface area contributed by atoms with E-state index >= 15 is 0 Å². The number of hydrogen-bond donors (Lipinski definition) is 1. The molecule has 1 aliphatic rings. The minimum atomic E-state index is -0.460. The number of nitrogens with one attached hydrogen (secondary N) is 1. The molecular formula is C16H17BrFNO3. The molecule has 4 nitrogen and oxygen atoms in total. The highest BCUT2D eigenvalue weighted by atomic mass is 79.9. The fourth-order valence-electron chi connectivity index (χ4n) is 2.46. The normalized spacial score (nSPS) is 18.5. The molecule has 0 saturated heterocycles. The molecule has 1 amide bonds. The van der Waals surface area contributed by atoms with Crippen LogP contribution in [-0.2, 0) is 14.3 Å². The van der Waals surface area contributed by atoms with Crippen molar-refractivity contribution in [1.82, 2.24) is 5.32 Å². The number of allylic oxidation sites excluding steroid dienone is 1. The van der Waals surface area contributed by atoms with E-state index in [1.54, 1.807) is 32.9 Å². The molecule has 0 aromatic heterocycles. The third-order valence-electron chi connectivity index (χ3n) is 3.38. The summed E-state index contributed by atoms with van der Waals surface area (Å²) >= 11 is 3.13. The minimum absolute atomic E-state index is 0.123. The van der Waals surface area contributed by atoms with Gasteiger partial charge < -0.3 is 10.1 Å². The summed E-state index contributed by atoms with van der Waals surface area (Å²) in [7, 11) is 0. The van der Waals surface area contributed by atoms with Gasteiger partial charge in [0.1, 0.15) is 5.82 Å². The van der Waals surface area contributed by atoms with E-state index in [0.29, 0.717) is 21.3 Å². The summed E-state index contributed by atoms with van der Waals surface area (Å²) in [6, 6.07) is 4.49. The van der Waals surface area contributed by atoms with Gasteiger partial charge in [-0.05, 0) is 54.4 Å². The van der Waals surface area contributed by atoms with Crippen molar-refractivity contribution in [3.05, 3.63) is 45.3 Å². The Labute approximate surface area is 136 Å². The lowest BCUT2D eigenvalue weighted by Gasteiger charge is -2.27. The molecular weight excluding hydrogens is 353 g/mol. The predicted octanol–water partition coefficient (Wildman–Crippen LogP) is 3.42. The Balaban J connectivity index is 2.45. The summed E-state index contributed by atoms with van der Waals surface area (Å²) < 4.78 is 19.0. The lowest BCUT2D eigenvalue weighted by atomic mass is 9.84. The molecule has 1 heterocycles. The molecule has 6 heteroatoms. The van der Waals surface area contributed by atoms with Crippen LogP contribution in [0.5, 0.6) is 0 Å². The van der Waals surface area contributed by atoms with Crippen LogP contribution in [0.15, 0.2) is 33.9 Å². The van der Waals surface area contributed by atoms with E-state index < -0.39 is 17.7 Å². The van der Waals surface area contributed by atoms with E-state index in [4.69, 9.17) is 4.74 Å². The van der Waals surface area contributed by atoms with Gasteiger partial charge in [-0.25, -0.2) is 9.18 Å². The third-order valence-corrected chi connectivity index (χ3v) is 3.99. The second-order valence-corrected chi connectivity index (χ2v) is 6.33. The topological polar surface area (TPSA) is 55.4 Å². The Kier molecular flexibility index (Phi) is 5.01. The number of benzene rings is 1. The maximum Gasteiger partial charge on any atom is 0.336 e. The van der Waals surface area contributed by atoms with Crippen molar-refractivity contribution >= 4 is 27.8 Å². The smallest absolute Gasteiger partial charge is 0.336 e. The second kappa shape index (κ2) is 6.60. The summed E-state index contributed by atoms with van der Waals surface area (Å²) in [5, 5.41) is 2.66. The van der Waals surface area contributed by atoms with Gasteiger partial charge in [-0.15, -0.1) is 0 Å². The average Bonchev–Trinajstić information content (AvgIpc) is 2.39. The Morgan fingerprint density at radius 3 is 2.73 bits per heavy atom. The molecule has 118 valence electrons. The van der Waals surface area contributed by atoms with Crippen molar-refractivity contribution in [2.24, 2.45) is 0 Å². The number of amides is 1. The van der Waals surface area contributed by atoms with E-state index in [1.807, 2.05) is 0 Å². The first-order chi connectivity index (χ1) is 10.3. The molecule has 0 bridgehead atoms. The summed E-state index contributed by atoms with van der Waals surface area (Å²) in [4.78, 5) is 24.2. The Morgan fingerprint density at radius 2 is 2.14 bits per heavy atom. The molecule has 1 atom stereocenters. The molecule has 2 rings (SSSR count). The van der Waals surface area contributed by atoms with Gasteiger partial charge in [-0.1, -0.05) is 6.07 Å².